The van der Waals surface area contributed by atoms with E-state index < -0.39 is 0 Å². The average Bonchev–Trinajstić information content (AvgIpc) is 3.16. The molecule has 34 heavy (non-hydrogen) atoms. The van der Waals surface area contributed by atoms with E-state index >= 15 is 0 Å². The fourth-order valence-electron chi connectivity index (χ4n) is 5.90. The molecule has 0 bridgehead atoms. The molecule has 4 heterocycles. The van der Waals surface area contributed by atoms with E-state index in [1.54, 1.807) is 0 Å². The van der Waals surface area contributed by atoms with Crippen LogP contribution >= 0.6 is 11.6 Å². The Kier molecular flexibility index (Phi) is 6.54. The van der Waals surface area contributed by atoms with Crippen LogP contribution in [-0.2, 0) is 0 Å². The lowest BCUT2D eigenvalue weighted by molar-refractivity contribution is 0.154. The zero-order valence-electron chi connectivity index (χ0n) is 20.1. The standard InChI is InChI=1S/C26H33ClN6O/c1-18-13-24(34-22-5-9-29-10-6-22)30-31-25(18)32-11-7-26(8-12-32)15-19(2)33(17-26)21-4-3-20(16-28)23(27)14-21/h3-4,13-14,19,22,29H,5-12,15,17H2,1-2H3/t19-/m0/s1. The SMILES string of the molecule is Cc1cc(OC2CCNCC2)nnc1N1CCC2(CC1)C[C@H](C)N(c1ccc(C#N)c(Cl)c1)C2. The maximum Gasteiger partial charge on any atom is 0.234 e. The van der Waals surface area contributed by atoms with Crippen LogP contribution in [0, 0.1) is 23.7 Å². The van der Waals surface area contributed by atoms with Gasteiger partial charge in [0.2, 0.25) is 5.88 Å². The van der Waals surface area contributed by atoms with Crippen LogP contribution in [0.2, 0.25) is 5.02 Å². The summed E-state index contributed by atoms with van der Waals surface area (Å²) in [5.41, 5.74) is 3.07. The first-order chi connectivity index (χ1) is 16.5. The molecule has 5 rings (SSSR count). The van der Waals surface area contributed by atoms with Gasteiger partial charge in [-0.2, -0.15) is 5.26 Å². The van der Waals surface area contributed by atoms with Gasteiger partial charge in [-0.05, 0) is 88.2 Å². The Labute approximate surface area is 207 Å². The summed E-state index contributed by atoms with van der Waals surface area (Å²) >= 11 is 6.32. The van der Waals surface area contributed by atoms with E-state index in [-0.39, 0.29) is 6.10 Å². The number of hydrogen-bond acceptors (Lipinski definition) is 7. The minimum atomic E-state index is 0.230. The van der Waals surface area contributed by atoms with Crippen molar-refractivity contribution in [1.29, 1.82) is 5.26 Å². The molecule has 3 fully saturated rings. The van der Waals surface area contributed by atoms with Gasteiger partial charge in [-0.15, -0.1) is 10.2 Å². The number of nitrogens with zero attached hydrogens (tertiary/aromatic N) is 5. The number of aryl methyl sites for hydroxylation is 1. The largest absolute Gasteiger partial charge is 0.473 e. The van der Waals surface area contributed by atoms with Gasteiger partial charge in [-0.25, -0.2) is 0 Å². The molecule has 0 saturated carbocycles. The number of ether oxygens (including phenoxy) is 1. The lowest BCUT2D eigenvalue weighted by Gasteiger charge is -2.40. The molecule has 0 unspecified atom stereocenters. The van der Waals surface area contributed by atoms with Crippen LogP contribution in [0.15, 0.2) is 24.3 Å². The summed E-state index contributed by atoms with van der Waals surface area (Å²) in [6.45, 7) is 9.40. The third-order valence-corrected chi connectivity index (χ3v) is 8.12. The number of hydrogen-bond donors (Lipinski definition) is 1. The van der Waals surface area contributed by atoms with E-state index in [0.717, 1.165) is 75.5 Å². The summed E-state index contributed by atoms with van der Waals surface area (Å²) in [6, 6.07) is 10.4. The zero-order chi connectivity index (χ0) is 23.7. The molecule has 3 aliphatic rings. The molecular weight excluding hydrogens is 448 g/mol. The molecule has 2 aromatic rings. The third-order valence-electron chi connectivity index (χ3n) is 7.80. The highest BCUT2D eigenvalue weighted by Crippen LogP contribution is 2.46. The van der Waals surface area contributed by atoms with Crippen molar-refractivity contribution in [3.8, 4) is 11.9 Å². The number of nitrogens with one attached hydrogen (secondary N) is 1. The summed E-state index contributed by atoms with van der Waals surface area (Å²) in [7, 11) is 0. The van der Waals surface area contributed by atoms with Gasteiger partial charge in [0.15, 0.2) is 5.82 Å². The van der Waals surface area contributed by atoms with Crippen molar-refractivity contribution in [1.82, 2.24) is 15.5 Å². The van der Waals surface area contributed by atoms with Crippen LogP contribution < -0.4 is 19.9 Å². The Morgan fingerprint density at radius 3 is 2.62 bits per heavy atom. The molecule has 1 aromatic heterocycles. The van der Waals surface area contributed by atoms with Crippen molar-refractivity contribution in [3.63, 3.8) is 0 Å². The molecule has 3 aliphatic heterocycles. The van der Waals surface area contributed by atoms with E-state index in [1.165, 1.54) is 6.42 Å². The number of anilines is 2. The summed E-state index contributed by atoms with van der Waals surface area (Å²) in [5, 5.41) is 22.1. The van der Waals surface area contributed by atoms with Crippen molar-refractivity contribution in [2.24, 2.45) is 5.41 Å². The molecule has 8 heteroatoms. The number of halogens is 1. The molecule has 0 aliphatic carbocycles. The normalized spacial score (nSPS) is 22.7. The Hall–Kier alpha value is -2.56. The van der Waals surface area contributed by atoms with Gasteiger partial charge < -0.3 is 19.9 Å². The molecule has 1 atom stereocenters. The first-order valence-corrected chi connectivity index (χ1v) is 12.8. The van der Waals surface area contributed by atoms with Gasteiger partial charge in [-0.3, -0.25) is 0 Å². The lowest BCUT2D eigenvalue weighted by Crippen LogP contribution is -2.42. The summed E-state index contributed by atoms with van der Waals surface area (Å²) in [5.74, 6) is 1.62. The zero-order valence-corrected chi connectivity index (χ0v) is 20.8. The molecule has 180 valence electrons. The van der Waals surface area contributed by atoms with Crippen LogP contribution in [0.25, 0.3) is 0 Å². The van der Waals surface area contributed by atoms with Gasteiger partial charge in [0.1, 0.15) is 12.2 Å². The molecule has 1 aromatic carbocycles. The Balaban J connectivity index is 1.22. The number of nitriles is 1. The third kappa shape index (κ3) is 4.67. The predicted molar refractivity (Wildman–Crippen MR) is 135 cm³/mol. The van der Waals surface area contributed by atoms with Crippen molar-refractivity contribution in [2.45, 2.75) is 58.1 Å². The Morgan fingerprint density at radius 2 is 1.94 bits per heavy atom. The van der Waals surface area contributed by atoms with Crippen LogP contribution in [0.4, 0.5) is 11.5 Å². The van der Waals surface area contributed by atoms with E-state index in [9.17, 15) is 5.26 Å². The van der Waals surface area contributed by atoms with Crippen molar-refractivity contribution >= 4 is 23.1 Å². The topological polar surface area (TPSA) is 77.3 Å². The number of aromatic nitrogens is 2. The van der Waals surface area contributed by atoms with Crippen molar-refractivity contribution in [3.05, 3.63) is 40.4 Å². The number of benzene rings is 1. The predicted octanol–water partition coefficient (Wildman–Crippen LogP) is 4.33. The quantitative estimate of drug-likeness (QED) is 0.697. The summed E-state index contributed by atoms with van der Waals surface area (Å²) in [6.07, 6.45) is 5.70. The second-order valence-electron chi connectivity index (χ2n) is 10.2. The highest BCUT2D eigenvalue weighted by Gasteiger charge is 2.44. The Morgan fingerprint density at radius 1 is 1.18 bits per heavy atom. The number of piperidine rings is 2. The van der Waals surface area contributed by atoms with E-state index in [0.29, 0.717) is 27.9 Å². The highest BCUT2D eigenvalue weighted by molar-refractivity contribution is 6.32. The number of rotatable bonds is 4. The molecule has 3 saturated heterocycles. The van der Waals surface area contributed by atoms with E-state index in [4.69, 9.17) is 16.3 Å². The summed E-state index contributed by atoms with van der Waals surface area (Å²) < 4.78 is 6.08. The second kappa shape index (κ2) is 9.59. The Bertz CT molecular complexity index is 1070. The molecule has 7 nitrogen and oxygen atoms in total. The van der Waals surface area contributed by atoms with Gasteiger partial charge in [0.25, 0.3) is 0 Å². The monoisotopic (exact) mass is 480 g/mol. The van der Waals surface area contributed by atoms with Crippen LogP contribution in [0.3, 0.4) is 0 Å². The highest BCUT2D eigenvalue weighted by atomic mass is 35.5. The van der Waals surface area contributed by atoms with Gasteiger partial charge in [0.05, 0.1) is 10.6 Å². The van der Waals surface area contributed by atoms with Gasteiger partial charge in [0, 0.05) is 37.4 Å². The molecule has 1 N–H and O–H groups in total. The molecule has 0 amide bonds. The first kappa shape index (κ1) is 23.2. The smallest absolute Gasteiger partial charge is 0.234 e. The first-order valence-electron chi connectivity index (χ1n) is 12.4. The van der Waals surface area contributed by atoms with Gasteiger partial charge >= 0.3 is 0 Å². The van der Waals surface area contributed by atoms with Crippen molar-refractivity contribution in [2.75, 3.05) is 42.5 Å². The van der Waals surface area contributed by atoms with E-state index in [1.807, 2.05) is 24.3 Å². The van der Waals surface area contributed by atoms with Crippen LogP contribution in [-0.4, -0.2) is 55.1 Å². The fourth-order valence-corrected chi connectivity index (χ4v) is 6.12. The molecule has 0 radical (unpaired) electrons. The van der Waals surface area contributed by atoms with E-state index in [2.05, 4.69) is 45.2 Å². The second-order valence-corrected chi connectivity index (χ2v) is 10.6. The minimum absolute atomic E-state index is 0.230. The van der Waals surface area contributed by atoms with Gasteiger partial charge in [-0.1, -0.05) is 11.6 Å². The maximum atomic E-state index is 9.18. The fraction of sp³-hybridized carbons (Fsp3) is 0.577. The summed E-state index contributed by atoms with van der Waals surface area (Å²) in [4.78, 5) is 4.84. The minimum Gasteiger partial charge on any atom is -0.473 e. The maximum absolute atomic E-state index is 9.18. The van der Waals surface area contributed by atoms with Crippen LogP contribution in [0.5, 0.6) is 5.88 Å². The molecule has 1 spiro atoms. The van der Waals surface area contributed by atoms with Crippen LogP contribution in [0.1, 0.15) is 50.2 Å². The van der Waals surface area contributed by atoms with Crippen molar-refractivity contribution < 1.29 is 4.74 Å². The average molecular weight is 481 g/mol. The molecular formula is C26H33ClN6O. The lowest BCUT2D eigenvalue weighted by atomic mass is 9.76.